The van der Waals surface area contributed by atoms with Gasteiger partial charge in [-0.2, -0.15) is 0 Å². The SMILES string of the molecule is Cc1ccc(CC2SC(COc3ccccc3)OC2=O)cc1. The van der Waals surface area contributed by atoms with Crippen molar-refractivity contribution < 1.29 is 14.3 Å². The molecule has 1 aliphatic rings. The van der Waals surface area contributed by atoms with E-state index in [2.05, 4.69) is 31.2 Å². The van der Waals surface area contributed by atoms with Crippen LogP contribution < -0.4 is 4.74 Å². The topological polar surface area (TPSA) is 35.5 Å². The smallest absolute Gasteiger partial charge is 0.320 e. The summed E-state index contributed by atoms with van der Waals surface area (Å²) in [5.41, 5.74) is 2.15. The minimum Gasteiger partial charge on any atom is -0.489 e. The van der Waals surface area contributed by atoms with E-state index >= 15 is 0 Å². The van der Waals surface area contributed by atoms with Crippen molar-refractivity contribution in [3.8, 4) is 5.75 Å². The van der Waals surface area contributed by atoms with Gasteiger partial charge < -0.3 is 9.47 Å². The average Bonchev–Trinajstić information content (AvgIpc) is 2.89. The molecule has 2 atom stereocenters. The second-order valence-electron chi connectivity index (χ2n) is 5.30. The van der Waals surface area contributed by atoms with Gasteiger partial charge in [0.2, 0.25) is 0 Å². The van der Waals surface area contributed by atoms with E-state index < -0.39 is 0 Å². The highest BCUT2D eigenvalue weighted by atomic mass is 32.2. The molecule has 0 saturated carbocycles. The molecule has 0 spiro atoms. The Morgan fingerprint density at radius 1 is 1.09 bits per heavy atom. The van der Waals surface area contributed by atoms with Crippen LogP contribution in [-0.4, -0.2) is 23.3 Å². The van der Waals surface area contributed by atoms with Crippen molar-refractivity contribution in [3.05, 3.63) is 65.7 Å². The Morgan fingerprint density at radius 2 is 1.82 bits per heavy atom. The van der Waals surface area contributed by atoms with E-state index in [1.54, 1.807) is 11.8 Å². The molecular formula is C18H18O3S. The first-order chi connectivity index (χ1) is 10.7. The molecule has 2 aromatic rings. The minimum atomic E-state index is -0.233. The van der Waals surface area contributed by atoms with Crippen LogP contribution in [0.2, 0.25) is 0 Å². The highest BCUT2D eigenvalue weighted by Crippen LogP contribution is 2.31. The molecule has 114 valence electrons. The van der Waals surface area contributed by atoms with Crippen LogP contribution in [0.5, 0.6) is 5.75 Å². The summed E-state index contributed by atoms with van der Waals surface area (Å²) in [6, 6.07) is 17.8. The lowest BCUT2D eigenvalue weighted by atomic mass is 10.1. The van der Waals surface area contributed by atoms with Crippen LogP contribution in [0.1, 0.15) is 11.1 Å². The highest BCUT2D eigenvalue weighted by molar-refractivity contribution is 8.01. The third-order valence-corrected chi connectivity index (χ3v) is 4.72. The number of benzene rings is 2. The quantitative estimate of drug-likeness (QED) is 0.790. The fourth-order valence-electron chi connectivity index (χ4n) is 2.30. The number of carbonyl (C=O) groups excluding carboxylic acids is 1. The van der Waals surface area contributed by atoms with E-state index in [1.165, 1.54) is 5.56 Å². The molecule has 2 aromatic carbocycles. The molecule has 1 saturated heterocycles. The van der Waals surface area contributed by atoms with Crippen LogP contribution in [0.25, 0.3) is 0 Å². The number of thioether (sulfide) groups is 1. The largest absolute Gasteiger partial charge is 0.489 e. The van der Waals surface area contributed by atoms with E-state index in [9.17, 15) is 4.79 Å². The monoisotopic (exact) mass is 314 g/mol. The summed E-state index contributed by atoms with van der Waals surface area (Å²) in [4.78, 5) is 12.0. The summed E-state index contributed by atoms with van der Waals surface area (Å²) in [5, 5.41) is -0.146. The second-order valence-corrected chi connectivity index (χ2v) is 6.67. The number of aryl methyl sites for hydroxylation is 1. The highest BCUT2D eigenvalue weighted by Gasteiger charge is 2.35. The predicted molar refractivity (Wildman–Crippen MR) is 88.1 cm³/mol. The van der Waals surface area contributed by atoms with Gasteiger partial charge in [-0.05, 0) is 31.0 Å². The molecule has 2 unspecified atom stereocenters. The molecule has 3 nitrogen and oxygen atoms in total. The number of hydrogen-bond donors (Lipinski definition) is 0. The lowest BCUT2D eigenvalue weighted by molar-refractivity contribution is -0.143. The van der Waals surface area contributed by atoms with Gasteiger partial charge in [-0.1, -0.05) is 59.8 Å². The zero-order valence-corrected chi connectivity index (χ0v) is 13.2. The molecule has 1 fully saturated rings. The van der Waals surface area contributed by atoms with Gasteiger partial charge in [0.25, 0.3) is 0 Å². The minimum absolute atomic E-state index is 0.146. The van der Waals surface area contributed by atoms with Crippen LogP contribution in [0.3, 0.4) is 0 Å². The zero-order valence-electron chi connectivity index (χ0n) is 12.4. The second kappa shape index (κ2) is 6.88. The Balaban J connectivity index is 1.53. The van der Waals surface area contributed by atoms with Crippen molar-refractivity contribution in [2.24, 2.45) is 0 Å². The molecule has 22 heavy (non-hydrogen) atoms. The third kappa shape index (κ3) is 3.83. The van der Waals surface area contributed by atoms with E-state index in [0.717, 1.165) is 11.3 Å². The fourth-order valence-corrected chi connectivity index (χ4v) is 3.41. The maximum Gasteiger partial charge on any atom is 0.320 e. The average molecular weight is 314 g/mol. The lowest BCUT2D eigenvalue weighted by Crippen LogP contribution is -2.16. The normalized spacial score (nSPS) is 20.7. The maximum atomic E-state index is 12.0. The molecule has 1 aliphatic heterocycles. The van der Waals surface area contributed by atoms with Crippen LogP contribution >= 0.6 is 11.8 Å². The number of para-hydroxylation sites is 1. The molecule has 1 heterocycles. The summed E-state index contributed by atoms with van der Waals surface area (Å²) < 4.78 is 11.0. The molecule has 0 radical (unpaired) electrons. The van der Waals surface area contributed by atoms with Crippen LogP contribution in [0, 0.1) is 6.92 Å². The summed E-state index contributed by atoms with van der Waals surface area (Å²) >= 11 is 1.54. The van der Waals surface area contributed by atoms with Crippen LogP contribution in [0.4, 0.5) is 0 Å². The molecule has 0 aromatic heterocycles. The Bertz CT molecular complexity index is 625. The van der Waals surface area contributed by atoms with Crippen molar-refractivity contribution >= 4 is 17.7 Å². The number of cyclic esters (lactones) is 1. The number of hydrogen-bond acceptors (Lipinski definition) is 4. The zero-order chi connectivity index (χ0) is 15.4. The van der Waals surface area contributed by atoms with E-state index in [-0.39, 0.29) is 16.7 Å². The number of ether oxygens (including phenoxy) is 2. The van der Waals surface area contributed by atoms with Gasteiger partial charge in [-0.3, -0.25) is 4.79 Å². The molecule has 0 aliphatic carbocycles. The number of rotatable bonds is 5. The van der Waals surface area contributed by atoms with Crippen LogP contribution in [-0.2, 0) is 16.0 Å². The maximum absolute atomic E-state index is 12.0. The first-order valence-electron chi connectivity index (χ1n) is 7.30. The standard InChI is InChI=1S/C18H18O3S/c1-13-7-9-14(10-8-13)11-16-18(19)21-17(22-16)12-20-15-5-3-2-4-6-15/h2-10,16-17H,11-12H2,1H3. The fraction of sp³-hybridized carbons (Fsp3) is 0.278. The summed E-state index contributed by atoms with van der Waals surface area (Å²) in [7, 11) is 0. The van der Waals surface area contributed by atoms with Crippen molar-refractivity contribution in [1.82, 2.24) is 0 Å². The first-order valence-corrected chi connectivity index (χ1v) is 8.24. The Labute approximate surface area is 134 Å². The summed E-state index contributed by atoms with van der Waals surface area (Å²) in [6.07, 6.45) is 0.700. The third-order valence-electron chi connectivity index (χ3n) is 3.50. The first kappa shape index (κ1) is 15.0. The van der Waals surface area contributed by atoms with Gasteiger partial charge in [0, 0.05) is 0 Å². The van der Waals surface area contributed by atoms with Gasteiger partial charge in [-0.15, -0.1) is 0 Å². The summed E-state index contributed by atoms with van der Waals surface area (Å²) in [6.45, 7) is 2.43. The van der Waals surface area contributed by atoms with Crippen molar-refractivity contribution in [2.45, 2.75) is 24.0 Å². The number of carbonyl (C=O) groups is 1. The molecular weight excluding hydrogens is 296 g/mol. The summed E-state index contributed by atoms with van der Waals surface area (Å²) in [5.74, 6) is 0.647. The molecule has 0 N–H and O–H groups in total. The lowest BCUT2D eigenvalue weighted by Gasteiger charge is -2.10. The molecule has 0 bridgehead atoms. The van der Waals surface area contributed by atoms with E-state index in [4.69, 9.17) is 9.47 Å². The molecule has 4 heteroatoms. The Hall–Kier alpha value is -1.94. The Morgan fingerprint density at radius 3 is 2.55 bits per heavy atom. The van der Waals surface area contributed by atoms with Crippen LogP contribution in [0.15, 0.2) is 54.6 Å². The van der Waals surface area contributed by atoms with Crippen molar-refractivity contribution in [2.75, 3.05) is 6.61 Å². The van der Waals surface area contributed by atoms with Gasteiger partial charge >= 0.3 is 5.97 Å². The Kier molecular flexibility index (Phi) is 4.68. The number of esters is 1. The van der Waals surface area contributed by atoms with E-state index in [0.29, 0.717) is 13.0 Å². The predicted octanol–water partition coefficient (Wildman–Crippen LogP) is 3.60. The molecule has 0 amide bonds. The molecule has 3 rings (SSSR count). The van der Waals surface area contributed by atoms with Gasteiger partial charge in [0.1, 0.15) is 17.6 Å². The van der Waals surface area contributed by atoms with Gasteiger partial charge in [0.15, 0.2) is 5.44 Å². The van der Waals surface area contributed by atoms with Gasteiger partial charge in [0.05, 0.1) is 0 Å². The van der Waals surface area contributed by atoms with Gasteiger partial charge in [-0.25, -0.2) is 0 Å². The van der Waals surface area contributed by atoms with Crippen molar-refractivity contribution in [1.29, 1.82) is 0 Å². The van der Waals surface area contributed by atoms with E-state index in [1.807, 2.05) is 30.3 Å². The van der Waals surface area contributed by atoms with Crippen molar-refractivity contribution in [3.63, 3.8) is 0 Å².